The number of carbonyl (C=O) groups excluding carboxylic acids is 2. The Bertz CT molecular complexity index is 1270. The Balaban J connectivity index is 2.14. The smallest absolute Gasteiger partial charge is 0.311 e. The van der Waals surface area contributed by atoms with Gasteiger partial charge in [0, 0.05) is 52.1 Å². The predicted octanol–water partition coefficient (Wildman–Crippen LogP) is 3.40. The second-order valence-corrected chi connectivity index (χ2v) is 17.3. The van der Waals surface area contributed by atoms with Gasteiger partial charge in [-0.25, -0.2) is 0 Å². The summed E-state index contributed by atoms with van der Waals surface area (Å²) in [6, 6.07) is -0.642. The average Bonchev–Trinajstić information content (AvgIpc) is 3.12. The molecule has 3 aliphatic heterocycles. The second kappa shape index (κ2) is 20.3. The van der Waals surface area contributed by atoms with Crippen LogP contribution >= 0.6 is 0 Å². The van der Waals surface area contributed by atoms with Gasteiger partial charge in [-0.15, -0.1) is 0 Å². The van der Waals surface area contributed by atoms with E-state index in [1.807, 2.05) is 34.7 Å². The van der Waals surface area contributed by atoms with E-state index in [4.69, 9.17) is 28.4 Å². The fourth-order valence-electron chi connectivity index (χ4n) is 8.78. The number of amides is 1. The highest BCUT2D eigenvalue weighted by atomic mass is 16.7. The summed E-state index contributed by atoms with van der Waals surface area (Å²) in [4.78, 5) is 30.9. The van der Waals surface area contributed by atoms with Gasteiger partial charge >= 0.3 is 5.97 Å². The highest BCUT2D eigenvalue weighted by molar-refractivity contribution is 5.76. The van der Waals surface area contributed by atoms with Crippen molar-refractivity contribution < 1.29 is 58.4 Å². The first-order chi connectivity index (χ1) is 25.6. The number of cyclic esters (lactones) is 1. The van der Waals surface area contributed by atoms with Crippen LogP contribution in [0.4, 0.5) is 0 Å². The molecule has 320 valence electrons. The summed E-state index contributed by atoms with van der Waals surface area (Å²) in [6.45, 7) is 19.2. The molecule has 14 nitrogen and oxygen atoms in total. The number of hydrogen-bond acceptors (Lipinski definition) is 13. The summed E-state index contributed by atoms with van der Waals surface area (Å²) in [5.41, 5.74) is -1.62. The number of aliphatic hydroxyl groups is 4. The van der Waals surface area contributed by atoms with Gasteiger partial charge in [-0.1, -0.05) is 26.8 Å². The van der Waals surface area contributed by atoms with Gasteiger partial charge < -0.3 is 53.7 Å². The third-order valence-electron chi connectivity index (χ3n) is 12.3. The summed E-state index contributed by atoms with van der Waals surface area (Å²) in [5, 5.41) is 44.6. The number of likely N-dealkylation sites (N-methyl/N-ethyl adjacent to an activating group) is 2. The highest BCUT2D eigenvalue weighted by Crippen LogP contribution is 2.40. The lowest BCUT2D eigenvalue weighted by atomic mass is 9.77. The van der Waals surface area contributed by atoms with Crippen molar-refractivity contribution in [2.75, 3.05) is 34.4 Å². The van der Waals surface area contributed by atoms with Crippen molar-refractivity contribution in [2.24, 2.45) is 17.8 Å². The zero-order chi connectivity index (χ0) is 41.6. The Hall–Kier alpha value is -1.72. The van der Waals surface area contributed by atoms with E-state index in [-0.39, 0.29) is 43.7 Å². The maximum absolute atomic E-state index is 14.2. The molecular weight excluding hydrogens is 712 g/mol. The van der Waals surface area contributed by atoms with Crippen molar-refractivity contribution in [2.45, 2.75) is 186 Å². The van der Waals surface area contributed by atoms with Crippen LogP contribution in [0, 0.1) is 17.8 Å². The minimum absolute atomic E-state index is 0.0157. The monoisotopic (exact) mass is 787 g/mol. The molecule has 0 unspecified atom stereocenters. The van der Waals surface area contributed by atoms with Gasteiger partial charge in [-0.3, -0.25) is 14.5 Å². The fourth-order valence-corrected chi connectivity index (χ4v) is 8.78. The second-order valence-electron chi connectivity index (χ2n) is 17.3. The maximum Gasteiger partial charge on any atom is 0.311 e. The quantitative estimate of drug-likeness (QED) is 0.188. The van der Waals surface area contributed by atoms with E-state index in [0.717, 1.165) is 5.57 Å². The highest BCUT2D eigenvalue weighted by Gasteiger charge is 2.51. The molecule has 16 atom stereocenters. The minimum Gasteiger partial charge on any atom is -0.458 e. The molecular formula is C41H74N2O12. The van der Waals surface area contributed by atoms with Gasteiger partial charge in [0.2, 0.25) is 5.91 Å². The van der Waals surface area contributed by atoms with Crippen molar-refractivity contribution in [3.05, 3.63) is 11.6 Å². The van der Waals surface area contributed by atoms with Crippen LogP contribution in [0.1, 0.15) is 108 Å². The van der Waals surface area contributed by atoms with E-state index in [2.05, 4.69) is 24.8 Å². The lowest BCUT2D eigenvalue weighted by molar-refractivity contribution is -0.317. The molecule has 0 spiro atoms. The summed E-state index contributed by atoms with van der Waals surface area (Å²) >= 11 is 0. The number of ether oxygens (including phenoxy) is 6. The number of aliphatic hydroxyl groups excluding tert-OH is 3. The molecule has 3 aliphatic rings. The zero-order valence-electron chi connectivity index (χ0n) is 35.8. The lowest BCUT2D eigenvalue weighted by Gasteiger charge is -2.49. The molecule has 55 heavy (non-hydrogen) atoms. The Kier molecular flexibility index (Phi) is 17.6. The molecule has 2 fully saturated rings. The van der Waals surface area contributed by atoms with E-state index < -0.39 is 90.4 Å². The van der Waals surface area contributed by atoms with Gasteiger partial charge in [0.15, 0.2) is 12.6 Å². The van der Waals surface area contributed by atoms with Crippen LogP contribution in [0.2, 0.25) is 0 Å². The molecule has 0 bridgehead atoms. The maximum atomic E-state index is 14.2. The minimum atomic E-state index is -1.55. The molecule has 0 saturated carbocycles. The molecule has 0 aromatic rings. The topological polar surface area (TPSA) is 177 Å². The molecule has 0 radical (unpaired) electrons. The molecule has 2 saturated heterocycles. The van der Waals surface area contributed by atoms with Gasteiger partial charge in [0.25, 0.3) is 0 Å². The van der Waals surface area contributed by atoms with Gasteiger partial charge in [0.1, 0.15) is 18.3 Å². The first-order valence-electron chi connectivity index (χ1n) is 20.3. The van der Waals surface area contributed by atoms with E-state index >= 15 is 0 Å². The van der Waals surface area contributed by atoms with Crippen molar-refractivity contribution in [1.29, 1.82) is 0 Å². The summed E-state index contributed by atoms with van der Waals surface area (Å²) in [5.74, 6) is -2.37. The van der Waals surface area contributed by atoms with Crippen LogP contribution in [0.15, 0.2) is 11.6 Å². The van der Waals surface area contributed by atoms with E-state index in [0.29, 0.717) is 25.8 Å². The van der Waals surface area contributed by atoms with Crippen LogP contribution < -0.4 is 0 Å². The summed E-state index contributed by atoms with van der Waals surface area (Å²) in [7, 11) is 5.17. The third kappa shape index (κ3) is 11.9. The van der Waals surface area contributed by atoms with E-state index in [1.165, 1.54) is 12.0 Å². The van der Waals surface area contributed by atoms with Crippen LogP contribution in [-0.2, 0) is 38.0 Å². The van der Waals surface area contributed by atoms with Crippen LogP contribution in [0.5, 0.6) is 0 Å². The van der Waals surface area contributed by atoms with Gasteiger partial charge in [-0.2, -0.15) is 0 Å². The molecule has 0 aromatic heterocycles. The number of hydrogen-bond donors (Lipinski definition) is 4. The van der Waals surface area contributed by atoms with Crippen molar-refractivity contribution in [1.82, 2.24) is 9.80 Å². The SMILES string of the molecule is CC[C@H]1OC(=O)[C@H](C)[C@@H](O[C@H]2C[C@@](C)(OC)[C@@H](O)[C@H](C)O2)[C@H](C)[C@@H](O[C@@H]2O[C@H](C)C[C@H](N(C)C(=O)CCCO)[C@H]2O)[C@](C)(O)C[C@@H](C)CN(C)[C@H](C)/C=C/1C. The Morgan fingerprint density at radius 1 is 1.07 bits per heavy atom. The van der Waals surface area contributed by atoms with Crippen molar-refractivity contribution >= 4 is 11.9 Å². The Morgan fingerprint density at radius 3 is 2.33 bits per heavy atom. The largest absolute Gasteiger partial charge is 0.458 e. The average molecular weight is 787 g/mol. The standard InChI is InChI=1S/C41H74N2O12/c1-14-31-24(3)18-25(4)42(11)22-23(2)20-40(9,49)37(55-39-34(46)30(19-26(5)51-39)43(12)32(45)16-15-17-44)27(6)35(28(7)38(48)53-31)54-33-21-41(10,50-13)36(47)29(8)52-33/h18,23,25-31,33-37,39,44,46-47,49H,14-17,19-22H2,1-13H3/b24-18+/t23-,25-,26-,27+,28-,29+,30+,31-,33+,34-,35+,36+,37-,39+,40-,41-/m1/s1. The fraction of sp³-hybridized carbons (Fsp3) is 0.902. The molecule has 1 amide bonds. The van der Waals surface area contributed by atoms with Crippen molar-refractivity contribution in [3.63, 3.8) is 0 Å². The predicted molar refractivity (Wildman–Crippen MR) is 207 cm³/mol. The number of carbonyl (C=O) groups is 2. The number of esters is 1. The number of nitrogens with zero attached hydrogens (tertiary/aromatic N) is 2. The number of methoxy groups -OCH3 is 1. The Labute approximate surface area is 329 Å². The third-order valence-corrected chi connectivity index (χ3v) is 12.3. The first-order valence-corrected chi connectivity index (χ1v) is 20.3. The molecule has 14 heteroatoms. The zero-order valence-corrected chi connectivity index (χ0v) is 35.8. The van der Waals surface area contributed by atoms with Crippen LogP contribution in [-0.4, -0.2) is 155 Å². The number of rotatable bonds is 10. The lowest BCUT2D eigenvalue weighted by Crippen LogP contribution is -2.61. The van der Waals surface area contributed by atoms with Crippen LogP contribution in [0.25, 0.3) is 0 Å². The van der Waals surface area contributed by atoms with Gasteiger partial charge in [0.05, 0.1) is 47.6 Å². The molecule has 0 aliphatic carbocycles. The first kappa shape index (κ1) is 47.7. The summed E-state index contributed by atoms with van der Waals surface area (Å²) < 4.78 is 37.9. The molecule has 3 rings (SSSR count). The van der Waals surface area contributed by atoms with Gasteiger partial charge in [-0.05, 0) is 92.7 Å². The Morgan fingerprint density at radius 2 is 1.73 bits per heavy atom. The molecule has 4 N–H and O–H groups in total. The van der Waals surface area contributed by atoms with Crippen LogP contribution in [0.3, 0.4) is 0 Å². The normalized spacial score (nSPS) is 44.1. The molecule has 3 heterocycles. The van der Waals surface area contributed by atoms with E-state index in [1.54, 1.807) is 34.7 Å². The summed E-state index contributed by atoms with van der Waals surface area (Å²) in [6.07, 6.45) is -4.06. The molecule has 0 aromatic carbocycles. The van der Waals surface area contributed by atoms with E-state index in [9.17, 15) is 30.0 Å². The van der Waals surface area contributed by atoms with Crippen molar-refractivity contribution in [3.8, 4) is 0 Å².